The zero-order valence-electron chi connectivity index (χ0n) is 16.1. The summed E-state index contributed by atoms with van der Waals surface area (Å²) in [6.45, 7) is 9.13. The molecule has 26 heavy (non-hydrogen) atoms. The maximum atomic E-state index is 12.0. The molecule has 2 amide bonds. The molecule has 3 rings (SSSR count). The number of hydrogen-bond donors (Lipinski definition) is 1. The quantitative estimate of drug-likeness (QED) is 0.870. The van der Waals surface area contributed by atoms with Gasteiger partial charge in [0.15, 0.2) is 5.82 Å². The van der Waals surface area contributed by atoms with Crippen LogP contribution in [-0.4, -0.2) is 49.9 Å². The first kappa shape index (κ1) is 18.7. The number of fused-ring (bicyclic) bond motifs is 1. The molecule has 2 heterocycles. The molecule has 0 radical (unpaired) electrons. The van der Waals surface area contributed by atoms with Gasteiger partial charge in [0.05, 0.1) is 6.54 Å². The number of ether oxygens (including phenoxy) is 1. The number of carbonyl (C=O) groups is 2. The van der Waals surface area contributed by atoms with E-state index in [-0.39, 0.29) is 24.0 Å². The number of nitrogens with one attached hydrogen (secondary N) is 1. The highest BCUT2D eigenvalue weighted by atomic mass is 16.6. The summed E-state index contributed by atoms with van der Waals surface area (Å²) in [5.74, 6) is 2.18. The molecule has 0 aromatic carbocycles. The Bertz CT molecular complexity index is 679. The molecule has 1 aliphatic heterocycles. The Morgan fingerprint density at radius 1 is 1.19 bits per heavy atom. The van der Waals surface area contributed by atoms with Crippen LogP contribution in [0.15, 0.2) is 0 Å². The second-order valence-corrected chi connectivity index (χ2v) is 8.27. The highest BCUT2D eigenvalue weighted by Crippen LogP contribution is 2.33. The Morgan fingerprint density at radius 2 is 1.96 bits per heavy atom. The van der Waals surface area contributed by atoms with Crippen LogP contribution in [0.5, 0.6) is 0 Å². The van der Waals surface area contributed by atoms with Gasteiger partial charge in [-0.15, -0.1) is 10.2 Å². The third kappa shape index (κ3) is 4.34. The first-order chi connectivity index (χ1) is 12.2. The Kier molecular flexibility index (Phi) is 5.20. The molecule has 1 aromatic heterocycles. The minimum atomic E-state index is -0.493. The van der Waals surface area contributed by atoms with Crippen LogP contribution in [0.1, 0.15) is 70.9 Å². The molecule has 144 valence electrons. The van der Waals surface area contributed by atoms with Crippen molar-refractivity contribution in [3.63, 3.8) is 0 Å². The van der Waals surface area contributed by atoms with Crippen LogP contribution in [0.4, 0.5) is 4.79 Å². The van der Waals surface area contributed by atoms with Crippen LogP contribution in [0.2, 0.25) is 0 Å². The Morgan fingerprint density at radius 3 is 2.65 bits per heavy atom. The van der Waals surface area contributed by atoms with E-state index in [0.717, 1.165) is 43.9 Å². The van der Waals surface area contributed by atoms with Gasteiger partial charge in [-0.05, 0) is 40.0 Å². The lowest BCUT2D eigenvalue weighted by atomic mass is 9.85. The summed E-state index contributed by atoms with van der Waals surface area (Å²) in [6, 6.07) is 0.0915. The number of carbonyl (C=O) groups excluding carboxylic acids is 2. The molecule has 1 aromatic rings. The van der Waals surface area contributed by atoms with Crippen LogP contribution in [0, 0.1) is 0 Å². The minimum Gasteiger partial charge on any atom is -0.444 e. The van der Waals surface area contributed by atoms with Crippen LogP contribution >= 0.6 is 0 Å². The minimum absolute atomic E-state index is 0.0695. The van der Waals surface area contributed by atoms with Crippen molar-refractivity contribution >= 4 is 12.0 Å². The summed E-state index contributed by atoms with van der Waals surface area (Å²) in [5.41, 5.74) is -0.493. The van der Waals surface area contributed by atoms with Gasteiger partial charge in [0.1, 0.15) is 11.4 Å². The molecule has 0 unspecified atom stereocenters. The molecule has 8 nitrogen and oxygen atoms in total. The molecule has 0 bridgehead atoms. The van der Waals surface area contributed by atoms with Gasteiger partial charge in [0, 0.05) is 32.0 Å². The van der Waals surface area contributed by atoms with Crippen molar-refractivity contribution in [1.82, 2.24) is 25.0 Å². The van der Waals surface area contributed by atoms with Gasteiger partial charge in [-0.3, -0.25) is 4.79 Å². The van der Waals surface area contributed by atoms with Crippen LogP contribution in [-0.2, 0) is 22.6 Å². The Hall–Kier alpha value is -2.12. The number of alkyl carbamates (subject to hydrolysis) is 1. The maximum absolute atomic E-state index is 12.0. The second kappa shape index (κ2) is 7.25. The predicted molar refractivity (Wildman–Crippen MR) is 95.5 cm³/mol. The van der Waals surface area contributed by atoms with E-state index >= 15 is 0 Å². The Labute approximate surface area is 154 Å². The van der Waals surface area contributed by atoms with E-state index in [4.69, 9.17) is 4.74 Å². The fourth-order valence-corrected chi connectivity index (χ4v) is 3.78. The molecule has 1 fully saturated rings. The molecule has 0 spiro atoms. The second-order valence-electron chi connectivity index (χ2n) is 8.27. The third-order valence-corrected chi connectivity index (χ3v) is 4.99. The van der Waals surface area contributed by atoms with Gasteiger partial charge in [-0.25, -0.2) is 4.79 Å². The lowest BCUT2D eigenvalue weighted by Gasteiger charge is -2.32. The van der Waals surface area contributed by atoms with Crippen molar-refractivity contribution < 1.29 is 14.3 Å². The molecule has 2 aliphatic rings. The molecule has 2 atom stereocenters. The van der Waals surface area contributed by atoms with E-state index in [1.165, 1.54) is 0 Å². The molecule has 8 heteroatoms. The van der Waals surface area contributed by atoms with Gasteiger partial charge in [0.2, 0.25) is 5.91 Å². The normalized spacial score (nSPS) is 23.3. The highest BCUT2D eigenvalue weighted by molar-refractivity contribution is 5.73. The fraction of sp³-hybridized carbons (Fsp3) is 0.778. The number of aromatic nitrogens is 3. The third-order valence-electron chi connectivity index (χ3n) is 4.99. The zero-order chi connectivity index (χ0) is 18.9. The van der Waals surface area contributed by atoms with Crippen molar-refractivity contribution in [3.8, 4) is 0 Å². The lowest BCUT2D eigenvalue weighted by molar-refractivity contribution is -0.130. The van der Waals surface area contributed by atoms with E-state index in [1.54, 1.807) is 11.8 Å². The largest absolute Gasteiger partial charge is 0.444 e. The monoisotopic (exact) mass is 363 g/mol. The first-order valence-electron chi connectivity index (χ1n) is 9.40. The van der Waals surface area contributed by atoms with Crippen LogP contribution in [0.3, 0.4) is 0 Å². The van der Waals surface area contributed by atoms with Crippen molar-refractivity contribution in [2.45, 2.75) is 84.0 Å². The summed E-state index contributed by atoms with van der Waals surface area (Å²) in [7, 11) is 0. The summed E-state index contributed by atoms with van der Waals surface area (Å²) in [4.78, 5) is 25.4. The standard InChI is InChI=1S/C18H29N5O3/c1-12(24)22-8-9-23-15(11-22)20-21-16(23)13-6-5-7-14(10-13)19-17(25)26-18(2,3)4/h13-14H,5-11H2,1-4H3,(H,19,25)/t13-,14+/m0/s1. The molecule has 0 saturated heterocycles. The average molecular weight is 363 g/mol. The van der Waals surface area contributed by atoms with Crippen molar-refractivity contribution in [2.75, 3.05) is 6.54 Å². The molecular formula is C18H29N5O3. The summed E-state index contributed by atoms with van der Waals surface area (Å²) in [5, 5.41) is 11.7. The van der Waals surface area contributed by atoms with Crippen LogP contribution < -0.4 is 5.32 Å². The van der Waals surface area contributed by atoms with Gasteiger partial charge < -0.3 is 19.5 Å². The smallest absolute Gasteiger partial charge is 0.407 e. The van der Waals surface area contributed by atoms with Gasteiger partial charge in [0.25, 0.3) is 0 Å². The predicted octanol–water partition coefficient (Wildman–Crippen LogP) is 2.19. The van der Waals surface area contributed by atoms with E-state index in [2.05, 4.69) is 20.1 Å². The SMILES string of the molecule is CC(=O)N1CCn2c(nnc2[C@H]2CCC[C@@H](NC(=O)OC(C)(C)C)C2)C1. The molecule has 1 N–H and O–H groups in total. The van der Waals surface area contributed by atoms with Crippen molar-refractivity contribution in [2.24, 2.45) is 0 Å². The highest BCUT2D eigenvalue weighted by Gasteiger charge is 2.31. The molecule has 1 aliphatic carbocycles. The first-order valence-corrected chi connectivity index (χ1v) is 9.40. The Balaban J connectivity index is 1.64. The average Bonchev–Trinajstić information content (AvgIpc) is 2.96. The molecule has 1 saturated carbocycles. The topological polar surface area (TPSA) is 89.4 Å². The molecular weight excluding hydrogens is 334 g/mol. The maximum Gasteiger partial charge on any atom is 0.407 e. The van der Waals surface area contributed by atoms with E-state index in [9.17, 15) is 9.59 Å². The fourth-order valence-electron chi connectivity index (χ4n) is 3.78. The number of hydrogen-bond acceptors (Lipinski definition) is 5. The van der Waals surface area contributed by atoms with E-state index in [0.29, 0.717) is 13.1 Å². The summed E-state index contributed by atoms with van der Waals surface area (Å²) < 4.78 is 7.52. The van der Waals surface area contributed by atoms with Crippen LogP contribution in [0.25, 0.3) is 0 Å². The summed E-state index contributed by atoms with van der Waals surface area (Å²) >= 11 is 0. The lowest BCUT2D eigenvalue weighted by Crippen LogP contribution is -2.41. The van der Waals surface area contributed by atoms with Crippen molar-refractivity contribution in [1.29, 1.82) is 0 Å². The zero-order valence-corrected chi connectivity index (χ0v) is 16.1. The number of nitrogens with zero attached hydrogens (tertiary/aromatic N) is 4. The van der Waals surface area contributed by atoms with Crippen molar-refractivity contribution in [3.05, 3.63) is 11.6 Å². The number of rotatable bonds is 2. The number of amides is 2. The van der Waals surface area contributed by atoms with Gasteiger partial charge in [-0.1, -0.05) is 6.42 Å². The van der Waals surface area contributed by atoms with Gasteiger partial charge in [-0.2, -0.15) is 0 Å². The summed E-state index contributed by atoms with van der Waals surface area (Å²) in [6.07, 6.45) is 3.51. The van der Waals surface area contributed by atoms with E-state index in [1.807, 2.05) is 20.8 Å². The van der Waals surface area contributed by atoms with Gasteiger partial charge >= 0.3 is 6.09 Å². The van der Waals surface area contributed by atoms with E-state index < -0.39 is 5.60 Å².